The van der Waals surface area contributed by atoms with E-state index in [9.17, 15) is 14.4 Å². The second-order valence-electron chi connectivity index (χ2n) is 5.66. The fourth-order valence-corrected chi connectivity index (χ4v) is 2.77. The molecule has 9 heteroatoms. The monoisotopic (exact) mass is 424 g/mol. The molecule has 1 atom stereocenters. The lowest BCUT2D eigenvalue weighted by Gasteiger charge is -2.14. The molecule has 2 N–H and O–H groups in total. The van der Waals surface area contributed by atoms with Gasteiger partial charge in [-0.25, -0.2) is 0 Å². The maximum absolute atomic E-state index is 12.2. The minimum atomic E-state index is -1.09. The van der Waals surface area contributed by atoms with E-state index < -0.39 is 30.4 Å². The second-order valence-corrected chi connectivity index (χ2v) is 6.54. The molecule has 0 aromatic heterocycles. The normalized spacial score (nSPS) is 11.3. The quantitative estimate of drug-likeness (QED) is 0.664. The van der Waals surface area contributed by atoms with Crippen molar-refractivity contribution in [1.29, 1.82) is 0 Å². The van der Waals surface area contributed by atoms with Crippen molar-refractivity contribution in [2.24, 2.45) is 0 Å². The first kappa shape index (κ1) is 21.5. The number of halogens is 2. The third-order valence-electron chi connectivity index (χ3n) is 3.55. The van der Waals surface area contributed by atoms with Gasteiger partial charge in [0.25, 0.3) is 11.8 Å². The molecule has 1 unspecified atom stereocenters. The fourth-order valence-electron chi connectivity index (χ4n) is 2.24. The third kappa shape index (κ3) is 6.14. The van der Waals surface area contributed by atoms with Crippen LogP contribution in [0.4, 0.5) is 5.69 Å². The van der Waals surface area contributed by atoms with Crippen molar-refractivity contribution in [1.82, 2.24) is 5.32 Å². The summed E-state index contributed by atoms with van der Waals surface area (Å²) in [6.45, 7) is 0.999. The minimum Gasteiger partial charge on any atom is -0.496 e. The van der Waals surface area contributed by atoms with Gasteiger partial charge in [-0.3, -0.25) is 14.4 Å². The van der Waals surface area contributed by atoms with Gasteiger partial charge in [-0.2, -0.15) is 0 Å². The maximum atomic E-state index is 12.2. The molecule has 0 radical (unpaired) electrons. The van der Waals surface area contributed by atoms with Crippen LogP contribution in [0.2, 0.25) is 10.0 Å². The lowest BCUT2D eigenvalue weighted by molar-refractivity contribution is -0.152. The Kier molecular flexibility index (Phi) is 7.66. The van der Waals surface area contributed by atoms with Crippen LogP contribution in [0, 0.1) is 0 Å². The Bertz CT molecular complexity index is 868. The number of esters is 1. The van der Waals surface area contributed by atoms with Gasteiger partial charge in [0, 0.05) is 15.7 Å². The van der Waals surface area contributed by atoms with Crippen molar-refractivity contribution in [3.63, 3.8) is 0 Å². The summed E-state index contributed by atoms with van der Waals surface area (Å²) >= 11 is 11.7. The van der Waals surface area contributed by atoms with Gasteiger partial charge in [0.05, 0.1) is 12.7 Å². The van der Waals surface area contributed by atoms with Gasteiger partial charge < -0.3 is 20.1 Å². The molecule has 7 nitrogen and oxygen atoms in total. The molecule has 0 heterocycles. The summed E-state index contributed by atoms with van der Waals surface area (Å²) < 4.78 is 10.1. The highest BCUT2D eigenvalue weighted by Crippen LogP contribution is 2.22. The molecule has 0 saturated heterocycles. The van der Waals surface area contributed by atoms with Crippen molar-refractivity contribution in [2.75, 3.05) is 19.0 Å². The molecule has 0 spiro atoms. The highest BCUT2D eigenvalue weighted by Gasteiger charge is 2.19. The van der Waals surface area contributed by atoms with Crippen LogP contribution < -0.4 is 15.4 Å². The molecule has 0 aliphatic rings. The zero-order chi connectivity index (χ0) is 20.7. The van der Waals surface area contributed by atoms with E-state index in [4.69, 9.17) is 32.7 Å². The Balaban J connectivity index is 1.86. The van der Waals surface area contributed by atoms with Crippen LogP contribution >= 0.6 is 23.2 Å². The van der Waals surface area contributed by atoms with Crippen LogP contribution in [0.5, 0.6) is 5.75 Å². The van der Waals surface area contributed by atoms with Gasteiger partial charge in [-0.05, 0) is 37.3 Å². The highest BCUT2D eigenvalue weighted by molar-refractivity contribution is 6.35. The molecule has 0 bridgehead atoms. The lowest BCUT2D eigenvalue weighted by atomic mass is 10.2. The Labute approximate surface area is 171 Å². The number of amides is 2. The molecule has 28 heavy (non-hydrogen) atoms. The van der Waals surface area contributed by atoms with Gasteiger partial charge in [-0.1, -0.05) is 35.3 Å². The number of nitrogens with one attached hydrogen (secondary N) is 2. The molecule has 0 fully saturated rings. The molecular formula is C19H18Cl2N2O5. The first-order valence-corrected chi connectivity index (χ1v) is 8.93. The van der Waals surface area contributed by atoms with E-state index in [2.05, 4.69) is 10.6 Å². The number of hydrogen-bond acceptors (Lipinski definition) is 5. The van der Waals surface area contributed by atoms with E-state index in [0.29, 0.717) is 21.5 Å². The van der Waals surface area contributed by atoms with E-state index in [1.807, 2.05) is 0 Å². The molecular weight excluding hydrogens is 407 g/mol. The standard InChI is InChI=1S/C19H18Cl2N2O5/c1-11(18(25)23-14-8-12(20)7-13(21)9-14)28-17(24)10-22-19(26)15-5-3-4-6-16(15)27-2/h3-9,11H,10H2,1-2H3,(H,22,26)(H,23,25). The predicted octanol–water partition coefficient (Wildman–Crippen LogP) is 3.30. The van der Waals surface area contributed by atoms with Crippen LogP contribution in [0.25, 0.3) is 0 Å². The van der Waals surface area contributed by atoms with E-state index in [1.54, 1.807) is 24.3 Å². The van der Waals surface area contributed by atoms with E-state index in [-0.39, 0.29) is 5.56 Å². The number of hydrogen-bond donors (Lipinski definition) is 2. The van der Waals surface area contributed by atoms with Crippen molar-refractivity contribution >= 4 is 46.7 Å². The average molecular weight is 425 g/mol. The molecule has 2 rings (SSSR count). The average Bonchev–Trinajstić information content (AvgIpc) is 2.65. The van der Waals surface area contributed by atoms with Gasteiger partial charge in [0.15, 0.2) is 6.10 Å². The fraction of sp³-hybridized carbons (Fsp3) is 0.211. The molecule has 148 valence electrons. The lowest BCUT2D eigenvalue weighted by Crippen LogP contribution is -2.36. The van der Waals surface area contributed by atoms with Crippen molar-refractivity contribution in [3.8, 4) is 5.75 Å². The number of anilines is 1. The summed E-state index contributed by atoms with van der Waals surface area (Å²) in [4.78, 5) is 36.2. The van der Waals surface area contributed by atoms with E-state index >= 15 is 0 Å². The SMILES string of the molecule is COc1ccccc1C(=O)NCC(=O)OC(C)C(=O)Nc1cc(Cl)cc(Cl)c1. The highest BCUT2D eigenvalue weighted by atomic mass is 35.5. The number of ether oxygens (including phenoxy) is 2. The second kappa shape index (κ2) is 9.96. The number of carbonyl (C=O) groups excluding carboxylic acids is 3. The van der Waals surface area contributed by atoms with Crippen LogP contribution in [-0.4, -0.2) is 37.5 Å². The minimum absolute atomic E-state index is 0.279. The topological polar surface area (TPSA) is 93.7 Å². The zero-order valence-corrected chi connectivity index (χ0v) is 16.6. The molecule has 2 aromatic rings. The van der Waals surface area contributed by atoms with Crippen molar-refractivity contribution in [3.05, 3.63) is 58.1 Å². The number of para-hydroxylation sites is 1. The van der Waals surface area contributed by atoms with Gasteiger partial charge in [-0.15, -0.1) is 0 Å². The Morgan fingerprint density at radius 2 is 1.71 bits per heavy atom. The Morgan fingerprint density at radius 3 is 2.36 bits per heavy atom. The van der Waals surface area contributed by atoms with Crippen molar-refractivity contribution in [2.45, 2.75) is 13.0 Å². The van der Waals surface area contributed by atoms with Crippen LogP contribution in [-0.2, 0) is 14.3 Å². The first-order valence-electron chi connectivity index (χ1n) is 8.18. The molecule has 2 aromatic carbocycles. The Morgan fingerprint density at radius 1 is 1.07 bits per heavy atom. The summed E-state index contributed by atoms with van der Waals surface area (Å²) in [5, 5.41) is 5.67. The van der Waals surface area contributed by atoms with Crippen LogP contribution in [0.1, 0.15) is 17.3 Å². The number of carbonyl (C=O) groups is 3. The van der Waals surface area contributed by atoms with E-state index in [1.165, 1.54) is 32.2 Å². The summed E-state index contributed by atoms with van der Waals surface area (Å²) in [6, 6.07) is 11.1. The summed E-state index contributed by atoms with van der Waals surface area (Å²) in [7, 11) is 1.44. The van der Waals surface area contributed by atoms with Gasteiger partial charge in [0.2, 0.25) is 0 Å². The third-order valence-corrected chi connectivity index (χ3v) is 3.99. The number of methoxy groups -OCH3 is 1. The summed E-state index contributed by atoms with van der Waals surface area (Å²) in [5.74, 6) is -1.46. The van der Waals surface area contributed by atoms with Gasteiger partial charge >= 0.3 is 5.97 Å². The maximum Gasteiger partial charge on any atom is 0.326 e. The van der Waals surface area contributed by atoms with E-state index in [0.717, 1.165) is 0 Å². The number of rotatable bonds is 7. The molecule has 0 aliphatic heterocycles. The number of benzene rings is 2. The molecule has 0 aliphatic carbocycles. The van der Waals surface area contributed by atoms with Crippen molar-refractivity contribution < 1.29 is 23.9 Å². The smallest absolute Gasteiger partial charge is 0.326 e. The summed E-state index contributed by atoms with van der Waals surface area (Å²) in [6.07, 6.45) is -1.09. The summed E-state index contributed by atoms with van der Waals surface area (Å²) in [5.41, 5.74) is 0.649. The predicted molar refractivity (Wildman–Crippen MR) is 106 cm³/mol. The molecule has 2 amide bonds. The zero-order valence-electron chi connectivity index (χ0n) is 15.1. The van der Waals surface area contributed by atoms with Crippen LogP contribution in [0.3, 0.4) is 0 Å². The van der Waals surface area contributed by atoms with Crippen LogP contribution in [0.15, 0.2) is 42.5 Å². The first-order chi connectivity index (χ1) is 13.3. The largest absolute Gasteiger partial charge is 0.496 e. The Hall–Kier alpha value is -2.77. The molecule has 0 saturated carbocycles. The van der Waals surface area contributed by atoms with Gasteiger partial charge in [0.1, 0.15) is 12.3 Å².